The monoisotopic (exact) mass is 402 g/mol. The van der Waals surface area contributed by atoms with E-state index in [1.807, 2.05) is 16.3 Å². The second-order valence-corrected chi connectivity index (χ2v) is 9.33. The Morgan fingerprint density at radius 1 is 1.39 bits per heavy atom. The molecule has 150 valence electrons. The van der Waals surface area contributed by atoms with Crippen molar-refractivity contribution in [3.63, 3.8) is 0 Å². The third-order valence-corrected chi connectivity index (χ3v) is 7.41. The maximum atomic E-state index is 12.7. The van der Waals surface area contributed by atoms with Crippen molar-refractivity contribution in [3.8, 4) is 0 Å². The lowest BCUT2D eigenvalue weighted by Gasteiger charge is -2.49. The van der Waals surface area contributed by atoms with Gasteiger partial charge in [0.15, 0.2) is 5.13 Å². The topological polar surface area (TPSA) is 96.2 Å². The Hall–Kier alpha value is -1.84. The minimum absolute atomic E-state index is 0.0272. The molecule has 2 bridgehead atoms. The number of hydrogen-bond donors (Lipinski definition) is 2. The predicted octanol–water partition coefficient (Wildman–Crippen LogP) is 1.85. The first-order valence-corrected chi connectivity index (χ1v) is 11.1. The normalized spacial score (nSPS) is 31.2. The number of aliphatic hydroxyl groups is 1. The van der Waals surface area contributed by atoms with Gasteiger partial charge in [0.1, 0.15) is 11.3 Å². The minimum Gasteiger partial charge on any atom is -0.383 e. The molecule has 2 aromatic rings. The summed E-state index contributed by atoms with van der Waals surface area (Å²) in [6.45, 7) is 2.58. The van der Waals surface area contributed by atoms with Crippen molar-refractivity contribution in [2.75, 3.05) is 18.4 Å². The molecule has 0 aromatic carbocycles. The fourth-order valence-corrected chi connectivity index (χ4v) is 5.67. The highest BCUT2D eigenvalue weighted by Crippen LogP contribution is 2.39. The summed E-state index contributed by atoms with van der Waals surface area (Å²) in [5, 5.41) is 24.8. The van der Waals surface area contributed by atoms with E-state index in [0.717, 1.165) is 58.2 Å². The van der Waals surface area contributed by atoms with E-state index < -0.39 is 5.60 Å². The first-order chi connectivity index (χ1) is 13.6. The van der Waals surface area contributed by atoms with Crippen molar-refractivity contribution in [1.82, 2.24) is 24.9 Å². The highest BCUT2D eigenvalue weighted by molar-refractivity contribution is 7.13. The number of anilines is 1. The molecule has 0 radical (unpaired) electrons. The van der Waals surface area contributed by atoms with Gasteiger partial charge in [-0.05, 0) is 38.1 Å². The lowest BCUT2D eigenvalue weighted by Crippen LogP contribution is -2.57. The number of rotatable bonds is 5. The zero-order valence-corrected chi connectivity index (χ0v) is 16.6. The minimum atomic E-state index is -0.789. The van der Waals surface area contributed by atoms with Crippen molar-refractivity contribution >= 4 is 22.4 Å². The number of aromatic nitrogens is 4. The molecule has 2 aromatic heterocycles. The number of hydrogen-bond acceptors (Lipinski definition) is 7. The molecule has 0 spiro atoms. The molecular weight excluding hydrogens is 376 g/mol. The summed E-state index contributed by atoms with van der Waals surface area (Å²) in [6, 6.07) is 0.371. The van der Waals surface area contributed by atoms with Crippen LogP contribution in [-0.2, 0) is 16.9 Å². The molecule has 28 heavy (non-hydrogen) atoms. The van der Waals surface area contributed by atoms with Gasteiger partial charge in [-0.15, -0.1) is 16.4 Å². The summed E-state index contributed by atoms with van der Waals surface area (Å²) in [6.07, 6.45) is 9.34. The third kappa shape index (κ3) is 3.35. The molecule has 1 aliphatic carbocycles. The average Bonchev–Trinajstić information content (AvgIpc) is 3.45. The Morgan fingerprint density at radius 3 is 2.96 bits per heavy atom. The van der Waals surface area contributed by atoms with E-state index in [2.05, 4.69) is 25.5 Å². The molecule has 3 saturated heterocycles. The van der Waals surface area contributed by atoms with Gasteiger partial charge in [-0.25, -0.2) is 4.98 Å². The van der Waals surface area contributed by atoms with Crippen molar-refractivity contribution in [1.29, 1.82) is 0 Å². The quantitative estimate of drug-likeness (QED) is 0.792. The highest BCUT2D eigenvalue weighted by Gasteiger charge is 2.43. The summed E-state index contributed by atoms with van der Waals surface area (Å²) >= 11 is 1.45. The number of amides is 1. The number of piperidine rings is 3. The van der Waals surface area contributed by atoms with Gasteiger partial charge in [0.25, 0.3) is 0 Å². The van der Waals surface area contributed by atoms with Gasteiger partial charge < -0.3 is 10.4 Å². The van der Waals surface area contributed by atoms with Crippen LogP contribution in [0.25, 0.3) is 0 Å². The van der Waals surface area contributed by atoms with Gasteiger partial charge in [-0.2, -0.15) is 0 Å². The SMILES string of the molecule is O=C(Nc1nccs1)C1CN2CCC1CC2Cn1cc(C2(O)CCCC2)nn1. The van der Waals surface area contributed by atoms with E-state index >= 15 is 0 Å². The van der Waals surface area contributed by atoms with E-state index in [-0.39, 0.29) is 11.8 Å². The summed E-state index contributed by atoms with van der Waals surface area (Å²) in [4.78, 5) is 19.3. The van der Waals surface area contributed by atoms with E-state index in [9.17, 15) is 9.90 Å². The lowest BCUT2D eigenvalue weighted by atomic mass is 9.75. The average molecular weight is 403 g/mol. The van der Waals surface area contributed by atoms with E-state index in [4.69, 9.17) is 0 Å². The first kappa shape index (κ1) is 18.2. The Balaban J connectivity index is 1.22. The number of carbonyl (C=O) groups is 1. The molecule has 4 aliphatic rings. The number of carbonyl (C=O) groups excluding carboxylic acids is 1. The van der Waals surface area contributed by atoms with Crippen LogP contribution in [0.4, 0.5) is 5.13 Å². The van der Waals surface area contributed by atoms with Gasteiger partial charge >= 0.3 is 0 Å². The smallest absolute Gasteiger partial charge is 0.230 e. The fraction of sp³-hybridized carbons (Fsp3) is 0.684. The molecule has 5 heterocycles. The van der Waals surface area contributed by atoms with Crippen molar-refractivity contribution in [2.45, 2.75) is 56.7 Å². The fourth-order valence-electron chi connectivity index (χ4n) is 5.14. The van der Waals surface area contributed by atoms with E-state index in [0.29, 0.717) is 22.8 Å². The highest BCUT2D eigenvalue weighted by atomic mass is 32.1. The third-order valence-electron chi connectivity index (χ3n) is 6.72. The second-order valence-electron chi connectivity index (χ2n) is 8.43. The summed E-state index contributed by atoms with van der Waals surface area (Å²) in [5.74, 6) is 0.519. The van der Waals surface area contributed by atoms with Crippen LogP contribution in [0.5, 0.6) is 0 Å². The standard InChI is InChI=1S/C19H26N6O2S/c26-17(21-18-20-6-8-28-18)15-11-24-7-3-13(15)9-14(24)10-25-12-16(22-23-25)19(27)4-1-2-5-19/h6,8,12-15,27H,1-5,7,9-11H2,(H,20,21,26). The van der Waals surface area contributed by atoms with Gasteiger partial charge in [0.05, 0.1) is 18.7 Å². The van der Waals surface area contributed by atoms with Crippen molar-refractivity contribution < 1.29 is 9.90 Å². The van der Waals surface area contributed by atoms with E-state index in [1.54, 1.807) is 6.20 Å². The lowest BCUT2D eigenvalue weighted by molar-refractivity contribution is -0.127. The maximum absolute atomic E-state index is 12.7. The first-order valence-electron chi connectivity index (χ1n) is 10.2. The van der Waals surface area contributed by atoms with Crippen molar-refractivity contribution in [2.24, 2.45) is 11.8 Å². The Kier molecular flexibility index (Phi) is 4.68. The van der Waals surface area contributed by atoms with Crippen LogP contribution in [0.15, 0.2) is 17.8 Å². The molecule has 2 N–H and O–H groups in total. The zero-order chi connectivity index (χ0) is 19.1. The van der Waals surface area contributed by atoms with Gasteiger partial charge in [-0.1, -0.05) is 18.1 Å². The summed E-state index contributed by atoms with van der Waals surface area (Å²) in [7, 11) is 0. The van der Waals surface area contributed by atoms with Crippen LogP contribution in [0, 0.1) is 11.8 Å². The van der Waals surface area contributed by atoms with Gasteiger partial charge in [-0.3, -0.25) is 14.4 Å². The largest absolute Gasteiger partial charge is 0.383 e. The number of nitrogens with one attached hydrogen (secondary N) is 1. The van der Waals surface area contributed by atoms with Crippen molar-refractivity contribution in [3.05, 3.63) is 23.5 Å². The Labute approximate surface area is 168 Å². The molecule has 9 heteroatoms. The van der Waals surface area contributed by atoms with Gasteiger partial charge in [0, 0.05) is 24.2 Å². The second kappa shape index (κ2) is 7.20. The molecule has 3 aliphatic heterocycles. The summed E-state index contributed by atoms with van der Waals surface area (Å²) in [5.41, 5.74) is -0.0787. The van der Waals surface area contributed by atoms with Crippen LogP contribution >= 0.6 is 11.3 Å². The Morgan fingerprint density at radius 2 is 2.25 bits per heavy atom. The molecule has 4 unspecified atom stereocenters. The van der Waals surface area contributed by atoms with Crippen LogP contribution < -0.4 is 5.32 Å². The van der Waals surface area contributed by atoms with Crippen LogP contribution in [0.2, 0.25) is 0 Å². The molecule has 4 fully saturated rings. The summed E-state index contributed by atoms with van der Waals surface area (Å²) < 4.78 is 1.88. The molecule has 1 saturated carbocycles. The number of fused-ring (bicyclic) bond motifs is 3. The molecule has 1 amide bonds. The maximum Gasteiger partial charge on any atom is 0.230 e. The van der Waals surface area contributed by atoms with Crippen LogP contribution in [-0.4, -0.2) is 55.0 Å². The van der Waals surface area contributed by atoms with Crippen LogP contribution in [0.3, 0.4) is 0 Å². The van der Waals surface area contributed by atoms with Crippen LogP contribution in [0.1, 0.15) is 44.2 Å². The molecule has 6 rings (SSSR count). The van der Waals surface area contributed by atoms with E-state index in [1.165, 1.54) is 11.3 Å². The zero-order valence-electron chi connectivity index (χ0n) is 15.8. The molecule has 4 atom stereocenters. The number of nitrogens with zero attached hydrogens (tertiary/aromatic N) is 5. The molecular formula is C19H26N6O2S. The molecule has 8 nitrogen and oxygen atoms in total. The van der Waals surface area contributed by atoms with Gasteiger partial charge in [0.2, 0.25) is 5.91 Å². The Bertz CT molecular complexity index is 831. The number of thiazole rings is 1. The predicted molar refractivity (Wildman–Crippen MR) is 105 cm³/mol.